The van der Waals surface area contributed by atoms with Gasteiger partial charge in [-0.25, -0.2) is 4.98 Å². The number of rotatable bonds is 1. The number of aliphatic hydroxyl groups is 1. The molecule has 3 heteroatoms. The number of hydrogen-bond donors (Lipinski definition) is 1. The third-order valence-electron chi connectivity index (χ3n) is 1.64. The molecule has 0 aliphatic carbocycles. The van der Waals surface area contributed by atoms with Crippen molar-refractivity contribution in [3.8, 4) is 0 Å². The third kappa shape index (κ3) is 0.991. The van der Waals surface area contributed by atoms with Gasteiger partial charge in [0.15, 0.2) is 0 Å². The van der Waals surface area contributed by atoms with Gasteiger partial charge in [0.25, 0.3) is 0 Å². The Balaban J connectivity index is 2.67. The largest absolute Gasteiger partial charge is 0.390 e. The lowest BCUT2D eigenvalue weighted by atomic mass is 10.4. The van der Waals surface area contributed by atoms with Crippen molar-refractivity contribution in [2.24, 2.45) is 0 Å². The van der Waals surface area contributed by atoms with Crippen LogP contribution in [0.2, 0.25) is 0 Å². The number of nitrogens with zero attached hydrogens (tertiary/aromatic N) is 2. The zero-order chi connectivity index (χ0) is 7.68. The zero-order valence-corrected chi connectivity index (χ0v) is 5.94. The van der Waals surface area contributed by atoms with Gasteiger partial charge in [0.05, 0.1) is 18.6 Å². The molecule has 2 rings (SSSR count). The minimum atomic E-state index is 0.00167. The van der Waals surface area contributed by atoms with Gasteiger partial charge in [0, 0.05) is 11.7 Å². The van der Waals surface area contributed by atoms with E-state index in [4.69, 9.17) is 5.11 Å². The van der Waals surface area contributed by atoms with Crippen LogP contribution in [0.3, 0.4) is 0 Å². The summed E-state index contributed by atoms with van der Waals surface area (Å²) in [5.41, 5.74) is 1.76. The number of hydrogen-bond acceptors (Lipinski definition) is 2. The Kier molecular flexibility index (Phi) is 1.36. The molecule has 2 heterocycles. The van der Waals surface area contributed by atoms with Crippen molar-refractivity contribution in [2.45, 2.75) is 6.61 Å². The van der Waals surface area contributed by atoms with E-state index in [-0.39, 0.29) is 6.61 Å². The SMILES string of the molecule is OCc1cc2cccn2cn1. The van der Waals surface area contributed by atoms with Crippen LogP contribution in [0.1, 0.15) is 5.69 Å². The number of aliphatic hydroxyl groups excluding tert-OH is 1. The topological polar surface area (TPSA) is 37.5 Å². The lowest BCUT2D eigenvalue weighted by Gasteiger charge is -1.96. The highest BCUT2D eigenvalue weighted by atomic mass is 16.3. The summed E-state index contributed by atoms with van der Waals surface area (Å²) >= 11 is 0. The number of fused-ring (bicyclic) bond motifs is 1. The first-order chi connectivity index (χ1) is 5.40. The van der Waals surface area contributed by atoms with E-state index < -0.39 is 0 Å². The van der Waals surface area contributed by atoms with Crippen molar-refractivity contribution < 1.29 is 5.11 Å². The molecule has 0 fully saturated rings. The first kappa shape index (κ1) is 6.37. The fourth-order valence-corrected chi connectivity index (χ4v) is 1.07. The molecule has 0 spiro atoms. The average molecular weight is 148 g/mol. The molecule has 0 amide bonds. The molecule has 0 unspecified atom stereocenters. The van der Waals surface area contributed by atoms with E-state index in [1.807, 2.05) is 28.8 Å². The molecule has 0 saturated carbocycles. The molecule has 2 aromatic heterocycles. The van der Waals surface area contributed by atoms with Gasteiger partial charge < -0.3 is 9.51 Å². The highest BCUT2D eigenvalue weighted by Crippen LogP contribution is 2.04. The maximum Gasteiger partial charge on any atom is 0.0994 e. The van der Waals surface area contributed by atoms with E-state index in [0.29, 0.717) is 5.69 Å². The van der Waals surface area contributed by atoms with Crippen LogP contribution in [0.4, 0.5) is 0 Å². The van der Waals surface area contributed by atoms with Gasteiger partial charge in [-0.05, 0) is 18.2 Å². The minimum absolute atomic E-state index is 0.00167. The third-order valence-corrected chi connectivity index (χ3v) is 1.64. The molecule has 0 saturated heterocycles. The first-order valence-electron chi connectivity index (χ1n) is 3.42. The fourth-order valence-electron chi connectivity index (χ4n) is 1.07. The monoisotopic (exact) mass is 148 g/mol. The van der Waals surface area contributed by atoms with Crippen molar-refractivity contribution in [1.29, 1.82) is 0 Å². The Morgan fingerprint density at radius 1 is 1.55 bits per heavy atom. The van der Waals surface area contributed by atoms with Crippen molar-refractivity contribution in [1.82, 2.24) is 9.38 Å². The van der Waals surface area contributed by atoms with Crippen LogP contribution in [0.25, 0.3) is 5.52 Å². The van der Waals surface area contributed by atoms with Crippen molar-refractivity contribution in [2.75, 3.05) is 0 Å². The number of aromatic nitrogens is 2. The molecule has 0 aliphatic rings. The summed E-state index contributed by atoms with van der Waals surface area (Å²) in [5, 5.41) is 8.76. The predicted octanol–water partition coefficient (Wildman–Crippen LogP) is 0.827. The van der Waals surface area contributed by atoms with Gasteiger partial charge >= 0.3 is 0 Å². The fraction of sp³-hybridized carbons (Fsp3) is 0.125. The summed E-state index contributed by atoms with van der Waals surface area (Å²) in [6.45, 7) is 0.00167. The van der Waals surface area contributed by atoms with E-state index in [1.165, 1.54) is 0 Å². The summed E-state index contributed by atoms with van der Waals surface area (Å²) < 4.78 is 1.90. The maximum atomic E-state index is 8.76. The predicted molar refractivity (Wildman–Crippen MR) is 41.1 cm³/mol. The van der Waals surface area contributed by atoms with Gasteiger partial charge in [-0.3, -0.25) is 0 Å². The van der Waals surface area contributed by atoms with E-state index >= 15 is 0 Å². The zero-order valence-electron chi connectivity index (χ0n) is 5.94. The maximum absolute atomic E-state index is 8.76. The highest BCUT2D eigenvalue weighted by molar-refractivity contribution is 5.47. The molecular weight excluding hydrogens is 140 g/mol. The van der Waals surface area contributed by atoms with Crippen molar-refractivity contribution in [3.05, 3.63) is 36.4 Å². The second-order valence-corrected chi connectivity index (χ2v) is 2.38. The van der Waals surface area contributed by atoms with Crippen LogP contribution < -0.4 is 0 Å². The molecule has 2 aromatic rings. The van der Waals surface area contributed by atoms with E-state index in [0.717, 1.165) is 5.52 Å². The molecule has 1 N–H and O–H groups in total. The Morgan fingerprint density at radius 2 is 2.45 bits per heavy atom. The molecule has 0 bridgehead atoms. The summed E-state index contributed by atoms with van der Waals surface area (Å²) in [4.78, 5) is 4.01. The van der Waals surface area contributed by atoms with Gasteiger partial charge in [-0.15, -0.1) is 0 Å². The smallest absolute Gasteiger partial charge is 0.0994 e. The standard InChI is InChI=1S/C8H8N2O/c11-5-7-4-8-2-1-3-10(8)6-9-7/h1-4,6,11H,5H2. The van der Waals surface area contributed by atoms with Gasteiger partial charge in [-0.1, -0.05) is 0 Å². The second-order valence-electron chi connectivity index (χ2n) is 2.38. The summed E-state index contributed by atoms with van der Waals surface area (Å²) in [7, 11) is 0. The van der Waals surface area contributed by atoms with Crippen LogP contribution in [-0.4, -0.2) is 14.5 Å². The summed E-state index contributed by atoms with van der Waals surface area (Å²) in [6, 6.07) is 5.78. The van der Waals surface area contributed by atoms with Crippen LogP contribution in [0.15, 0.2) is 30.7 Å². The molecule has 0 atom stereocenters. The van der Waals surface area contributed by atoms with E-state index in [2.05, 4.69) is 4.98 Å². The molecule has 3 nitrogen and oxygen atoms in total. The van der Waals surface area contributed by atoms with Crippen molar-refractivity contribution >= 4 is 5.52 Å². The Morgan fingerprint density at radius 3 is 3.27 bits per heavy atom. The molecular formula is C8H8N2O. The first-order valence-corrected chi connectivity index (χ1v) is 3.42. The summed E-state index contributed by atoms with van der Waals surface area (Å²) in [6.07, 6.45) is 3.62. The Labute approximate surface area is 63.9 Å². The van der Waals surface area contributed by atoms with Gasteiger partial charge in [0.1, 0.15) is 0 Å². The quantitative estimate of drug-likeness (QED) is 0.650. The Bertz CT molecular complexity index is 367. The molecule has 0 aromatic carbocycles. The van der Waals surface area contributed by atoms with Gasteiger partial charge in [-0.2, -0.15) is 0 Å². The Hall–Kier alpha value is -1.35. The van der Waals surface area contributed by atoms with Gasteiger partial charge in [0.2, 0.25) is 0 Å². The molecule has 56 valence electrons. The second kappa shape index (κ2) is 2.36. The minimum Gasteiger partial charge on any atom is -0.390 e. The van der Waals surface area contributed by atoms with E-state index in [9.17, 15) is 0 Å². The summed E-state index contributed by atoms with van der Waals surface area (Å²) in [5.74, 6) is 0. The van der Waals surface area contributed by atoms with Crippen LogP contribution in [0, 0.1) is 0 Å². The lowest BCUT2D eigenvalue weighted by Crippen LogP contribution is -1.91. The van der Waals surface area contributed by atoms with E-state index in [1.54, 1.807) is 6.33 Å². The highest BCUT2D eigenvalue weighted by Gasteiger charge is 1.93. The van der Waals surface area contributed by atoms with Crippen LogP contribution >= 0.6 is 0 Å². The molecule has 0 aliphatic heterocycles. The van der Waals surface area contributed by atoms with Crippen LogP contribution in [-0.2, 0) is 6.61 Å². The molecule has 0 radical (unpaired) electrons. The molecule has 11 heavy (non-hydrogen) atoms. The normalized spacial score (nSPS) is 10.6. The average Bonchev–Trinajstić information content (AvgIpc) is 2.50. The lowest BCUT2D eigenvalue weighted by molar-refractivity contribution is 0.276. The van der Waals surface area contributed by atoms with Crippen molar-refractivity contribution in [3.63, 3.8) is 0 Å². The van der Waals surface area contributed by atoms with Crippen LogP contribution in [0.5, 0.6) is 0 Å².